The first-order valence-corrected chi connectivity index (χ1v) is 6.09. The second-order valence-corrected chi connectivity index (χ2v) is 4.99. The number of nitrogens with zero attached hydrogens (tertiary/aromatic N) is 3. The first-order valence-electron chi connectivity index (χ1n) is 6.09. The van der Waals surface area contributed by atoms with E-state index in [2.05, 4.69) is 10.3 Å². The molecule has 2 atom stereocenters. The number of rotatable bonds is 1. The molecule has 17 heavy (non-hydrogen) atoms. The van der Waals surface area contributed by atoms with Crippen LogP contribution < -0.4 is 5.73 Å². The van der Waals surface area contributed by atoms with Crippen molar-refractivity contribution in [3.05, 3.63) is 5.69 Å². The summed E-state index contributed by atoms with van der Waals surface area (Å²) < 4.78 is 13.3. The first kappa shape index (κ1) is 11.0. The number of nitrogens with two attached hydrogens (primary N) is 1. The van der Waals surface area contributed by atoms with E-state index in [1.54, 1.807) is 0 Å². The van der Waals surface area contributed by atoms with Gasteiger partial charge in [-0.3, -0.25) is 0 Å². The number of anilines is 1. The molecule has 2 unspecified atom stereocenters. The maximum Gasteiger partial charge on any atom is 0.168 e. The molecule has 2 aliphatic rings. The van der Waals surface area contributed by atoms with Gasteiger partial charge in [0.2, 0.25) is 0 Å². The lowest BCUT2D eigenvalue weighted by Crippen LogP contribution is -2.41. The second-order valence-electron chi connectivity index (χ2n) is 4.99. The van der Waals surface area contributed by atoms with Gasteiger partial charge >= 0.3 is 0 Å². The van der Waals surface area contributed by atoms with Crippen LogP contribution in [-0.4, -0.2) is 40.4 Å². The molecule has 0 saturated carbocycles. The predicted octanol–water partition coefficient (Wildman–Crippen LogP) is 0.679. The molecule has 1 aromatic rings. The van der Waals surface area contributed by atoms with Gasteiger partial charge in [-0.2, -0.15) is 0 Å². The Morgan fingerprint density at radius 2 is 2.35 bits per heavy atom. The Labute approximate surface area is 100 Å². The molecule has 2 fully saturated rings. The van der Waals surface area contributed by atoms with Gasteiger partial charge in [0.1, 0.15) is 0 Å². The summed E-state index contributed by atoms with van der Waals surface area (Å²) in [4.78, 5) is 0. The Balaban J connectivity index is 1.82. The van der Waals surface area contributed by atoms with Crippen molar-refractivity contribution >= 4 is 5.82 Å². The van der Waals surface area contributed by atoms with Crippen LogP contribution >= 0.6 is 0 Å². The molecule has 0 aliphatic carbocycles. The van der Waals surface area contributed by atoms with Crippen LogP contribution in [0.2, 0.25) is 0 Å². The topological polar surface area (TPSA) is 75.2 Å². The van der Waals surface area contributed by atoms with Gasteiger partial charge in [0, 0.05) is 26.1 Å². The van der Waals surface area contributed by atoms with E-state index in [0.717, 1.165) is 38.2 Å². The van der Waals surface area contributed by atoms with Crippen LogP contribution in [0.4, 0.5) is 5.82 Å². The zero-order valence-electron chi connectivity index (χ0n) is 10.1. The summed E-state index contributed by atoms with van der Waals surface area (Å²) in [7, 11) is 0. The third kappa shape index (κ3) is 1.81. The number of aromatic nitrogens is 3. The Morgan fingerprint density at radius 3 is 3.00 bits per heavy atom. The van der Waals surface area contributed by atoms with Gasteiger partial charge in [-0.05, 0) is 13.3 Å². The minimum atomic E-state index is -0.101. The molecule has 3 rings (SSSR count). The molecule has 2 N–H and O–H groups in total. The summed E-state index contributed by atoms with van der Waals surface area (Å²) in [5.41, 5.74) is 6.59. The van der Waals surface area contributed by atoms with E-state index in [9.17, 15) is 0 Å². The molecule has 0 amide bonds. The molecule has 3 heterocycles. The Kier molecular flexibility index (Phi) is 2.56. The van der Waals surface area contributed by atoms with Crippen LogP contribution in [0.3, 0.4) is 0 Å². The first-order chi connectivity index (χ1) is 8.20. The summed E-state index contributed by atoms with van der Waals surface area (Å²) >= 11 is 0. The normalized spacial score (nSPS) is 33.4. The standard InChI is InChI=1S/C11H18N4O2/c1-8-10(12)13-14-15(8)9-2-4-17-11(6-9)3-5-16-7-11/h9H,2-7,12H2,1H3. The van der Waals surface area contributed by atoms with Crippen molar-refractivity contribution in [3.8, 4) is 0 Å². The van der Waals surface area contributed by atoms with E-state index in [-0.39, 0.29) is 5.60 Å². The molecular weight excluding hydrogens is 220 g/mol. The van der Waals surface area contributed by atoms with Gasteiger partial charge in [-0.15, -0.1) is 5.10 Å². The van der Waals surface area contributed by atoms with Gasteiger partial charge in [-0.1, -0.05) is 5.21 Å². The lowest BCUT2D eigenvalue weighted by atomic mass is 9.89. The molecule has 2 saturated heterocycles. The van der Waals surface area contributed by atoms with Crippen molar-refractivity contribution in [2.75, 3.05) is 25.6 Å². The van der Waals surface area contributed by atoms with E-state index < -0.39 is 0 Å². The van der Waals surface area contributed by atoms with Crippen molar-refractivity contribution in [1.82, 2.24) is 15.0 Å². The fourth-order valence-electron chi connectivity index (χ4n) is 2.77. The number of hydrogen-bond donors (Lipinski definition) is 1. The van der Waals surface area contributed by atoms with E-state index in [1.165, 1.54) is 0 Å². The highest BCUT2D eigenvalue weighted by atomic mass is 16.6. The number of ether oxygens (including phenoxy) is 2. The van der Waals surface area contributed by atoms with E-state index in [0.29, 0.717) is 18.5 Å². The van der Waals surface area contributed by atoms with E-state index in [1.807, 2.05) is 11.6 Å². The Hall–Kier alpha value is -1.14. The van der Waals surface area contributed by atoms with Crippen LogP contribution in [0.15, 0.2) is 0 Å². The highest BCUT2D eigenvalue weighted by Crippen LogP contribution is 2.38. The molecular formula is C11H18N4O2. The van der Waals surface area contributed by atoms with Crippen molar-refractivity contribution in [2.45, 2.75) is 37.8 Å². The highest BCUT2D eigenvalue weighted by Gasteiger charge is 2.42. The van der Waals surface area contributed by atoms with Gasteiger partial charge in [0.05, 0.1) is 23.9 Å². The van der Waals surface area contributed by atoms with Gasteiger partial charge in [0.25, 0.3) is 0 Å². The maximum atomic E-state index is 5.91. The largest absolute Gasteiger partial charge is 0.381 e. The van der Waals surface area contributed by atoms with Crippen molar-refractivity contribution in [3.63, 3.8) is 0 Å². The fourth-order valence-corrected chi connectivity index (χ4v) is 2.77. The number of hydrogen-bond acceptors (Lipinski definition) is 5. The molecule has 0 radical (unpaired) electrons. The second kappa shape index (κ2) is 3.96. The lowest BCUT2D eigenvalue weighted by Gasteiger charge is -2.37. The monoisotopic (exact) mass is 238 g/mol. The van der Waals surface area contributed by atoms with E-state index in [4.69, 9.17) is 15.2 Å². The molecule has 94 valence electrons. The minimum absolute atomic E-state index is 0.101. The SMILES string of the molecule is Cc1c(N)nnn1C1CCOC2(CCOC2)C1. The predicted molar refractivity (Wildman–Crippen MR) is 61.6 cm³/mol. The highest BCUT2D eigenvalue weighted by molar-refractivity contribution is 5.31. The number of nitrogen functional groups attached to an aromatic ring is 1. The van der Waals surface area contributed by atoms with Gasteiger partial charge in [0.15, 0.2) is 5.82 Å². The zero-order valence-corrected chi connectivity index (χ0v) is 10.1. The summed E-state index contributed by atoms with van der Waals surface area (Å²) in [6, 6.07) is 0.329. The summed E-state index contributed by atoms with van der Waals surface area (Å²) in [5, 5.41) is 8.06. The quantitative estimate of drug-likeness (QED) is 0.778. The molecule has 0 bridgehead atoms. The molecule has 0 aromatic carbocycles. The molecule has 2 aliphatic heterocycles. The van der Waals surface area contributed by atoms with E-state index >= 15 is 0 Å². The molecule has 1 spiro atoms. The van der Waals surface area contributed by atoms with Crippen LogP contribution in [-0.2, 0) is 9.47 Å². The fraction of sp³-hybridized carbons (Fsp3) is 0.818. The van der Waals surface area contributed by atoms with Crippen LogP contribution in [0, 0.1) is 6.92 Å². The van der Waals surface area contributed by atoms with Crippen LogP contribution in [0.1, 0.15) is 31.0 Å². The zero-order chi connectivity index (χ0) is 11.9. The van der Waals surface area contributed by atoms with Crippen molar-refractivity contribution in [1.29, 1.82) is 0 Å². The average Bonchev–Trinajstić information content (AvgIpc) is 2.89. The van der Waals surface area contributed by atoms with Gasteiger partial charge < -0.3 is 15.2 Å². The van der Waals surface area contributed by atoms with Crippen molar-refractivity contribution < 1.29 is 9.47 Å². The molecule has 6 nitrogen and oxygen atoms in total. The van der Waals surface area contributed by atoms with Gasteiger partial charge in [-0.25, -0.2) is 4.68 Å². The lowest BCUT2D eigenvalue weighted by molar-refractivity contribution is -0.0966. The van der Waals surface area contributed by atoms with Crippen molar-refractivity contribution in [2.24, 2.45) is 0 Å². The van der Waals surface area contributed by atoms with Crippen LogP contribution in [0.5, 0.6) is 0 Å². The third-order valence-electron chi connectivity index (χ3n) is 3.84. The summed E-state index contributed by atoms with van der Waals surface area (Å²) in [5.74, 6) is 0.521. The smallest absolute Gasteiger partial charge is 0.168 e. The molecule has 1 aromatic heterocycles. The Bertz CT molecular complexity index is 412. The summed E-state index contributed by atoms with van der Waals surface area (Å²) in [6.07, 6.45) is 2.88. The minimum Gasteiger partial charge on any atom is -0.381 e. The summed E-state index contributed by atoms with van der Waals surface area (Å²) in [6.45, 7) is 4.22. The maximum absolute atomic E-state index is 5.91. The third-order valence-corrected chi connectivity index (χ3v) is 3.84. The molecule has 6 heteroatoms. The Morgan fingerprint density at radius 1 is 1.47 bits per heavy atom. The van der Waals surface area contributed by atoms with Crippen LogP contribution in [0.25, 0.3) is 0 Å². The average molecular weight is 238 g/mol.